The number of ether oxygens (including phenoxy) is 3. The zero-order valence-corrected chi connectivity index (χ0v) is 17.4. The van der Waals surface area contributed by atoms with Crippen molar-refractivity contribution in [2.24, 2.45) is 4.99 Å². The van der Waals surface area contributed by atoms with Gasteiger partial charge < -0.3 is 19.5 Å². The van der Waals surface area contributed by atoms with Gasteiger partial charge in [-0.1, -0.05) is 24.3 Å². The van der Waals surface area contributed by atoms with Gasteiger partial charge in [0.2, 0.25) is 0 Å². The summed E-state index contributed by atoms with van der Waals surface area (Å²) >= 11 is 0. The number of hydrogen-bond donors (Lipinski definition) is 1. The summed E-state index contributed by atoms with van der Waals surface area (Å²) in [5, 5.41) is 5.64. The van der Waals surface area contributed by atoms with Crippen molar-refractivity contribution in [3.8, 4) is 22.6 Å². The van der Waals surface area contributed by atoms with E-state index in [9.17, 15) is 0 Å². The summed E-state index contributed by atoms with van der Waals surface area (Å²) in [4.78, 5) is 4.58. The molecule has 3 aromatic rings. The molecule has 5 nitrogen and oxygen atoms in total. The Hall–Kier alpha value is -2.76. The largest absolute Gasteiger partial charge is 0.497 e. The second-order valence-corrected chi connectivity index (χ2v) is 6.64. The number of halogens is 1. The van der Waals surface area contributed by atoms with Gasteiger partial charge in [0, 0.05) is 13.7 Å². The Labute approximate surface area is 177 Å². The third-order valence-electron chi connectivity index (χ3n) is 4.84. The Kier molecular flexibility index (Phi) is 6.96. The van der Waals surface area contributed by atoms with E-state index in [1.54, 1.807) is 14.2 Å². The van der Waals surface area contributed by atoms with Crippen LogP contribution >= 0.6 is 12.4 Å². The number of methoxy groups -OCH3 is 2. The van der Waals surface area contributed by atoms with Gasteiger partial charge in [0.05, 0.1) is 25.8 Å². The molecule has 0 bridgehead atoms. The van der Waals surface area contributed by atoms with E-state index in [4.69, 9.17) is 14.2 Å². The SMILES string of the molecule is COCCOc1cc2ccc(-c3ccc(OC)cc3)cc2cc1C1=NCCN1.Cl. The molecule has 0 fully saturated rings. The number of benzene rings is 3. The quantitative estimate of drug-likeness (QED) is 0.587. The van der Waals surface area contributed by atoms with Crippen LogP contribution < -0.4 is 14.8 Å². The van der Waals surface area contributed by atoms with Crippen LogP contribution in [-0.2, 0) is 4.74 Å². The first kappa shape index (κ1) is 21.0. The fourth-order valence-corrected chi connectivity index (χ4v) is 3.36. The summed E-state index contributed by atoms with van der Waals surface area (Å²) in [6.07, 6.45) is 0. The van der Waals surface area contributed by atoms with Crippen LogP contribution in [0.25, 0.3) is 21.9 Å². The highest BCUT2D eigenvalue weighted by Crippen LogP contribution is 2.31. The van der Waals surface area contributed by atoms with E-state index >= 15 is 0 Å². The van der Waals surface area contributed by atoms with Crippen LogP contribution in [0.15, 0.2) is 59.6 Å². The van der Waals surface area contributed by atoms with Crippen molar-refractivity contribution in [3.63, 3.8) is 0 Å². The van der Waals surface area contributed by atoms with Crippen LogP contribution in [0.3, 0.4) is 0 Å². The maximum Gasteiger partial charge on any atom is 0.132 e. The lowest BCUT2D eigenvalue weighted by Crippen LogP contribution is -2.20. The van der Waals surface area contributed by atoms with Gasteiger partial charge in [0.15, 0.2) is 0 Å². The minimum absolute atomic E-state index is 0. The molecule has 1 N–H and O–H groups in total. The van der Waals surface area contributed by atoms with Gasteiger partial charge in [-0.15, -0.1) is 12.4 Å². The molecule has 1 aliphatic heterocycles. The molecule has 1 heterocycles. The fraction of sp³-hybridized carbons (Fsp3) is 0.261. The zero-order valence-electron chi connectivity index (χ0n) is 16.6. The second kappa shape index (κ2) is 9.63. The summed E-state index contributed by atoms with van der Waals surface area (Å²) in [7, 11) is 3.35. The zero-order chi connectivity index (χ0) is 19.3. The number of nitrogens with one attached hydrogen (secondary N) is 1. The molecule has 0 aromatic heterocycles. The lowest BCUT2D eigenvalue weighted by Gasteiger charge is -2.14. The third-order valence-corrected chi connectivity index (χ3v) is 4.84. The van der Waals surface area contributed by atoms with Crippen molar-refractivity contribution in [1.82, 2.24) is 5.32 Å². The summed E-state index contributed by atoms with van der Waals surface area (Å²) in [6.45, 7) is 2.70. The molecule has 0 atom stereocenters. The van der Waals surface area contributed by atoms with E-state index in [1.807, 2.05) is 12.1 Å². The molecule has 6 heteroatoms. The summed E-state index contributed by atoms with van der Waals surface area (Å²) in [6, 6.07) is 18.8. The van der Waals surface area contributed by atoms with Crippen molar-refractivity contribution < 1.29 is 14.2 Å². The van der Waals surface area contributed by atoms with Crippen LogP contribution in [0.1, 0.15) is 5.56 Å². The second-order valence-electron chi connectivity index (χ2n) is 6.64. The van der Waals surface area contributed by atoms with Gasteiger partial charge in [0.1, 0.15) is 23.9 Å². The minimum Gasteiger partial charge on any atom is -0.497 e. The highest BCUT2D eigenvalue weighted by molar-refractivity contribution is 6.06. The third kappa shape index (κ3) is 4.63. The predicted octanol–water partition coefficient (Wildman–Crippen LogP) is 4.31. The van der Waals surface area contributed by atoms with E-state index < -0.39 is 0 Å². The first-order valence-electron chi connectivity index (χ1n) is 9.41. The van der Waals surface area contributed by atoms with Crippen molar-refractivity contribution >= 4 is 29.0 Å². The van der Waals surface area contributed by atoms with Gasteiger partial charge in [0.25, 0.3) is 0 Å². The lowest BCUT2D eigenvalue weighted by molar-refractivity contribution is 0.146. The van der Waals surface area contributed by atoms with Crippen LogP contribution in [0, 0.1) is 0 Å². The van der Waals surface area contributed by atoms with Crippen LogP contribution in [0.2, 0.25) is 0 Å². The van der Waals surface area contributed by atoms with Gasteiger partial charge in [-0.25, -0.2) is 0 Å². The molecule has 3 aromatic carbocycles. The molecule has 152 valence electrons. The summed E-state index contributed by atoms with van der Waals surface area (Å²) < 4.78 is 16.4. The van der Waals surface area contributed by atoms with Gasteiger partial charge in [-0.2, -0.15) is 0 Å². The Balaban J connectivity index is 0.00000240. The number of hydrogen-bond acceptors (Lipinski definition) is 5. The smallest absolute Gasteiger partial charge is 0.132 e. The number of nitrogens with zero attached hydrogens (tertiary/aromatic N) is 1. The molecule has 0 spiro atoms. The molecule has 0 radical (unpaired) electrons. The van der Waals surface area contributed by atoms with Gasteiger partial charge >= 0.3 is 0 Å². The first-order chi connectivity index (χ1) is 13.8. The van der Waals surface area contributed by atoms with E-state index in [-0.39, 0.29) is 12.4 Å². The van der Waals surface area contributed by atoms with Crippen molar-refractivity contribution in [3.05, 3.63) is 60.2 Å². The Morgan fingerprint density at radius 1 is 0.897 bits per heavy atom. The lowest BCUT2D eigenvalue weighted by atomic mass is 9.99. The van der Waals surface area contributed by atoms with E-state index in [2.05, 4.69) is 52.8 Å². The normalized spacial score (nSPS) is 12.8. The Bertz CT molecular complexity index is 1000. The summed E-state index contributed by atoms with van der Waals surface area (Å²) in [5.74, 6) is 2.58. The first-order valence-corrected chi connectivity index (χ1v) is 9.41. The molecular weight excluding hydrogens is 388 g/mol. The number of rotatable bonds is 7. The molecule has 0 saturated carbocycles. The highest BCUT2D eigenvalue weighted by Gasteiger charge is 2.15. The van der Waals surface area contributed by atoms with Crippen LogP contribution in [0.4, 0.5) is 0 Å². The van der Waals surface area contributed by atoms with Gasteiger partial charge in [-0.3, -0.25) is 4.99 Å². The average molecular weight is 413 g/mol. The summed E-state index contributed by atoms with van der Waals surface area (Å²) in [5.41, 5.74) is 3.31. The average Bonchev–Trinajstić information content (AvgIpc) is 3.28. The molecule has 4 rings (SSSR count). The Morgan fingerprint density at radius 3 is 2.38 bits per heavy atom. The van der Waals surface area contributed by atoms with E-state index in [0.29, 0.717) is 13.2 Å². The van der Waals surface area contributed by atoms with E-state index in [0.717, 1.165) is 57.9 Å². The maximum atomic E-state index is 5.98. The molecular formula is C23H25ClN2O3. The van der Waals surface area contributed by atoms with Gasteiger partial charge in [-0.05, 0) is 52.2 Å². The standard InChI is InChI=1S/C23H24N2O3.ClH/c1-26-11-12-28-22-15-18-4-3-17(16-5-7-20(27-2)8-6-16)13-19(18)14-21(22)23-24-9-10-25-23;/h3-8,13-15H,9-12H2,1-2H3,(H,24,25);1H. The predicted molar refractivity (Wildman–Crippen MR) is 120 cm³/mol. The maximum absolute atomic E-state index is 5.98. The number of amidine groups is 1. The highest BCUT2D eigenvalue weighted by atomic mass is 35.5. The number of fused-ring (bicyclic) bond motifs is 1. The fourth-order valence-electron chi connectivity index (χ4n) is 3.36. The molecule has 0 unspecified atom stereocenters. The van der Waals surface area contributed by atoms with Crippen molar-refractivity contribution in [2.75, 3.05) is 40.5 Å². The molecule has 29 heavy (non-hydrogen) atoms. The van der Waals surface area contributed by atoms with Crippen molar-refractivity contribution in [1.29, 1.82) is 0 Å². The number of aliphatic imine (C=N–C) groups is 1. The van der Waals surface area contributed by atoms with Crippen LogP contribution in [-0.4, -0.2) is 46.4 Å². The minimum atomic E-state index is 0. The molecule has 0 amide bonds. The molecule has 0 aliphatic carbocycles. The monoisotopic (exact) mass is 412 g/mol. The van der Waals surface area contributed by atoms with Crippen molar-refractivity contribution in [2.45, 2.75) is 0 Å². The topological polar surface area (TPSA) is 52.1 Å². The molecule has 1 aliphatic rings. The molecule has 0 saturated heterocycles. The van der Waals surface area contributed by atoms with Crippen LogP contribution in [0.5, 0.6) is 11.5 Å². The van der Waals surface area contributed by atoms with E-state index in [1.165, 1.54) is 0 Å². The Morgan fingerprint density at radius 2 is 1.69 bits per heavy atom.